The Hall–Kier alpha value is -2.15. The molecule has 1 heterocycles. The summed E-state index contributed by atoms with van der Waals surface area (Å²) in [4.78, 5) is 24.4. The van der Waals surface area contributed by atoms with Gasteiger partial charge in [-0.05, 0) is 30.9 Å². The number of likely N-dealkylation sites (tertiary alicyclic amines) is 1. The number of carbonyl (C=O) groups excluding carboxylic acids is 1. The molecule has 1 aliphatic heterocycles. The topological polar surface area (TPSA) is 110 Å². The third-order valence-electron chi connectivity index (χ3n) is 3.51. The maximum atomic E-state index is 12.4. The largest absolute Gasteiger partial charge is 0.399 e. The predicted molar refractivity (Wildman–Crippen MR) is 73.2 cm³/mol. The fourth-order valence-electron chi connectivity index (χ4n) is 2.45. The van der Waals surface area contributed by atoms with Crippen LogP contribution in [0.1, 0.15) is 23.2 Å². The zero-order chi connectivity index (χ0) is 14.7. The van der Waals surface area contributed by atoms with Crippen LogP contribution in [-0.4, -0.2) is 40.5 Å². The molecule has 108 valence electrons. The Morgan fingerprint density at radius 2 is 2.30 bits per heavy atom. The van der Waals surface area contributed by atoms with Gasteiger partial charge < -0.3 is 15.7 Å². The Kier molecular flexibility index (Phi) is 4.19. The molecule has 1 atom stereocenters. The van der Waals surface area contributed by atoms with Crippen molar-refractivity contribution in [2.75, 3.05) is 25.4 Å². The van der Waals surface area contributed by atoms with Crippen LogP contribution < -0.4 is 5.73 Å². The van der Waals surface area contributed by atoms with Crippen LogP contribution in [0.5, 0.6) is 0 Å². The summed E-state index contributed by atoms with van der Waals surface area (Å²) in [5, 5.41) is 20.2. The minimum absolute atomic E-state index is 0.00795. The summed E-state index contributed by atoms with van der Waals surface area (Å²) in [6, 6.07) is 3.99. The molecular weight excluding hydrogens is 262 g/mol. The van der Waals surface area contributed by atoms with Crippen molar-refractivity contribution in [1.82, 2.24) is 4.90 Å². The summed E-state index contributed by atoms with van der Waals surface area (Å²) in [6.07, 6.45) is 1.65. The quantitative estimate of drug-likeness (QED) is 0.487. The van der Waals surface area contributed by atoms with Crippen LogP contribution in [0.2, 0.25) is 0 Å². The van der Waals surface area contributed by atoms with Crippen LogP contribution in [0, 0.1) is 16.0 Å². The smallest absolute Gasteiger partial charge is 0.282 e. The average Bonchev–Trinajstić information content (AvgIpc) is 2.46. The number of anilines is 1. The first-order valence-electron chi connectivity index (χ1n) is 6.47. The second kappa shape index (κ2) is 5.87. The lowest BCUT2D eigenvalue weighted by molar-refractivity contribution is -0.385. The Morgan fingerprint density at radius 3 is 2.95 bits per heavy atom. The number of benzene rings is 1. The van der Waals surface area contributed by atoms with Crippen molar-refractivity contribution < 1.29 is 14.8 Å². The van der Waals surface area contributed by atoms with E-state index in [4.69, 9.17) is 5.73 Å². The number of nitro benzene ring substituents is 1. The third-order valence-corrected chi connectivity index (χ3v) is 3.51. The van der Waals surface area contributed by atoms with Crippen molar-refractivity contribution in [3.8, 4) is 0 Å². The van der Waals surface area contributed by atoms with Gasteiger partial charge in [-0.3, -0.25) is 14.9 Å². The molecule has 1 aromatic carbocycles. The number of nitro groups is 1. The monoisotopic (exact) mass is 279 g/mol. The van der Waals surface area contributed by atoms with E-state index < -0.39 is 10.8 Å². The summed E-state index contributed by atoms with van der Waals surface area (Å²) in [6.45, 7) is 0.978. The van der Waals surface area contributed by atoms with E-state index in [0.29, 0.717) is 18.8 Å². The second-order valence-electron chi connectivity index (χ2n) is 4.98. The number of amides is 1. The van der Waals surface area contributed by atoms with Gasteiger partial charge in [-0.25, -0.2) is 0 Å². The normalized spacial score (nSPS) is 18.9. The zero-order valence-corrected chi connectivity index (χ0v) is 11.0. The van der Waals surface area contributed by atoms with Crippen molar-refractivity contribution in [3.63, 3.8) is 0 Å². The molecule has 0 bridgehead atoms. The number of nitrogens with two attached hydrogens (primary N) is 1. The van der Waals surface area contributed by atoms with Crippen molar-refractivity contribution in [1.29, 1.82) is 0 Å². The molecule has 1 saturated heterocycles. The minimum atomic E-state index is -0.583. The lowest BCUT2D eigenvalue weighted by atomic mass is 9.98. The van der Waals surface area contributed by atoms with E-state index in [1.807, 2.05) is 0 Å². The van der Waals surface area contributed by atoms with Gasteiger partial charge >= 0.3 is 0 Å². The van der Waals surface area contributed by atoms with E-state index in [1.165, 1.54) is 18.2 Å². The number of hydrogen-bond donors (Lipinski definition) is 2. The molecule has 1 aliphatic rings. The number of nitrogens with zero attached hydrogens (tertiary/aromatic N) is 2. The summed E-state index contributed by atoms with van der Waals surface area (Å²) in [7, 11) is 0. The highest BCUT2D eigenvalue weighted by Gasteiger charge is 2.28. The molecule has 7 nitrogen and oxygen atoms in total. The van der Waals surface area contributed by atoms with Gasteiger partial charge in [0.1, 0.15) is 5.56 Å². The first-order valence-corrected chi connectivity index (χ1v) is 6.47. The number of hydrogen-bond acceptors (Lipinski definition) is 5. The van der Waals surface area contributed by atoms with Gasteiger partial charge in [-0.15, -0.1) is 0 Å². The van der Waals surface area contributed by atoms with Crippen molar-refractivity contribution in [2.45, 2.75) is 12.8 Å². The van der Waals surface area contributed by atoms with Gasteiger partial charge in [0.05, 0.1) is 4.92 Å². The van der Waals surface area contributed by atoms with Crippen molar-refractivity contribution >= 4 is 17.3 Å². The number of aliphatic hydroxyl groups is 1. The van der Waals surface area contributed by atoms with Crippen molar-refractivity contribution in [2.24, 2.45) is 5.92 Å². The summed E-state index contributed by atoms with van der Waals surface area (Å²) < 4.78 is 0. The second-order valence-corrected chi connectivity index (χ2v) is 4.98. The van der Waals surface area contributed by atoms with Crippen LogP contribution in [0.3, 0.4) is 0 Å². The van der Waals surface area contributed by atoms with Gasteiger partial charge in [-0.1, -0.05) is 0 Å². The van der Waals surface area contributed by atoms with E-state index >= 15 is 0 Å². The highest BCUT2D eigenvalue weighted by Crippen LogP contribution is 2.25. The maximum absolute atomic E-state index is 12.4. The number of piperidine rings is 1. The third kappa shape index (κ3) is 2.88. The molecule has 3 N–H and O–H groups in total. The molecule has 0 radical (unpaired) electrons. The first-order chi connectivity index (χ1) is 9.52. The van der Waals surface area contributed by atoms with E-state index in [0.717, 1.165) is 12.8 Å². The molecule has 2 rings (SSSR count). The molecule has 1 amide bonds. The van der Waals surface area contributed by atoms with Crippen molar-refractivity contribution in [3.05, 3.63) is 33.9 Å². The highest BCUT2D eigenvalue weighted by atomic mass is 16.6. The summed E-state index contributed by atoms with van der Waals surface area (Å²) in [5.74, 6) is -0.366. The zero-order valence-electron chi connectivity index (χ0n) is 11.0. The average molecular weight is 279 g/mol. The Bertz CT molecular complexity index is 532. The molecular formula is C13H17N3O4. The van der Waals surface area contributed by atoms with E-state index in [2.05, 4.69) is 0 Å². The van der Waals surface area contributed by atoms with Gasteiger partial charge in [0.15, 0.2) is 0 Å². The van der Waals surface area contributed by atoms with Crippen LogP contribution in [0.4, 0.5) is 11.4 Å². The summed E-state index contributed by atoms with van der Waals surface area (Å²) in [5.41, 5.74) is 5.70. The van der Waals surface area contributed by atoms with Gasteiger partial charge in [0.2, 0.25) is 0 Å². The van der Waals surface area contributed by atoms with Crippen LogP contribution in [0.15, 0.2) is 18.2 Å². The van der Waals surface area contributed by atoms with E-state index in [-0.39, 0.29) is 23.8 Å². The number of rotatable bonds is 3. The molecule has 0 spiro atoms. The highest BCUT2D eigenvalue weighted by molar-refractivity contribution is 5.99. The molecule has 0 aromatic heterocycles. The minimum Gasteiger partial charge on any atom is -0.399 e. The lowest BCUT2D eigenvalue weighted by Crippen LogP contribution is -2.41. The molecule has 7 heteroatoms. The number of nitrogen functional groups attached to an aromatic ring is 1. The molecule has 1 aromatic rings. The van der Waals surface area contributed by atoms with Crippen LogP contribution in [0.25, 0.3) is 0 Å². The first kappa shape index (κ1) is 14.3. The predicted octanol–water partition coefficient (Wildman–Crippen LogP) is 1.02. The molecule has 0 saturated carbocycles. The fourth-order valence-corrected chi connectivity index (χ4v) is 2.45. The van der Waals surface area contributed by atoms with Crippen LogP contribution >= 0.6 is 0 Å². The molecule has 1 fully saturated rings. The molecule has 0 aliphatic carbocycles. The van der Waals surface area contributed by atoms with E-state index in [1.54, 1.807) is 4.90 Å². The number of carbonyl (C=O) groups is 1. The van der Waals surface area contributed by atoms with Gasteiger partial charge in [0.25, 0.3) is 11.6 Å². The standard InChI is InChI=1S/C13H17N3O4/c14-10-3-4-12(16(19)20)11(6-10)13(18)15-5-1-2-9(7-15)8-17/h3-4,6,9,17H,1-2,5,7-8,14H2. The number of aliphatic hydroxyl groups excluding tert-OH is 1. The van der Waals surface area contributed by atoms with Gasteiger partial charge in [0, 0.05) is 31.5 Å². The maximum Gasteiger partial charge on any atom is 0.282 e. The summed E-state index contributed by atoms with van der Waals surface area (Å²) >= 11 is 0. The van der Waals surface area contributed by atoms with Crippen LogP contribution in [-0.2, 0) is 0 Å². The fraction of sp³-hybridized carbons (Fsp3) is 0.462. The lowest BCUT2D eigenvalue weighted by Gasteiger charge is -2.31. The SMILES string of the molecule is Nc1ccc([N+](=O)[O-])c(C(=O)N2CCCC(CO)C2)c1. The Balaban J connectivity index is 2.28. The van der Waals surface area contributed by atoms with Gasteiger partial charge in [-0.2, -0.15) is 0 Å². The molecule has 20 heavy (non-hydrogen) atoms. The molecule has 1 unspecified atom stereocenters. The van der Waals surface area contributed by atoms with E-state index in [9.17, 15) is 20.0 Å². The Morgan fingerprint density at radius 1 is 1.55 bits per heavy atom. The Labute approximate surface area is 116 Å².